The summed E-state index contributed by atoms with van der Waals surface area (Å²) in [6, 6.07) is 7.68. The Balaban J connectivity index is 2.25. The minimum atomic E-state index is -0.858. The van der Waals surface area contributed by atoms with Gasteiger partial charge in [0.25, 0.3) is 0 Å². The highest BCUT2D eigenvalue weighted by molar-refractivity contribution is 14.2. The van der Waals surface area contributed by atoms with Gasteiger partial charge in [-0.05, 0) is 44.7 Å². The molecule has 4 heteroatoms. The second-order valence-electron chi connectivity index (χ2n) is 4.46. The third kappa shape index (κ3) is 3.28. The number of Topliss-reactive ketones (excluding diaryl/α,β-unsaturated/α-hetero) is 1. The van der Waals surface area contributed by atoms with Crippen molar-refractivity contribution in [3.05, 3.63) is 35.4 Å². The van der Waals surface area contributed by atoms with E-state index in [1.807, 2.05) is 24.3 Å². The Labute approximate surface area is 123 Å². The van der Waals surface area contributed by atoms with Gasteiger partial charge in [-0.1, -0.05) is 18.1 Å². The molecule has 1 aromatic rings. The summed E-state index contributed by atoms with van der Waals surface area (Å²) in [5, 5.41) is 13.5. The molecule has 18 heavy (non-hydrogen) atoms. The highest BCUT2D eigenvalue weighted by atomic mass is 127. The topological polar surface area (TPSA) is 37.3 Å². The molecular formula is C14H13IO2S. The lowest BCUT2D eigenvalue weighted by molar-refractivity contribution is -0.125. The summed E-state index contributed by atoms with van der Waals surface area (Å²) >= 11 is 2.13. The van der Waals surface area contributed by atoms with Crippen LogP contribution in [0.5, 0.6) is 0 Å². The Bertz CT molecular complexity index is 506. The van der Waals surface area contributed by atoms with Gasteiger partial charge in [0.1, 0.15) is 5.78 Å². The van der Waals surface area contributed by atoms with Crippen molar-refractivity contribution in [3.8, 4) is 11.2 Å². The number of rotatable bonds is 1. The molecule has 0 unspecified atom stereocenters. The number of aliphatic hydroxyl groups is 1. The van der Waals surface area contributed by atoms with Gasteiger partial charge in [0, 0.05) is 39.6 Å². The molecule has 0 amide bonds. The monoisotopic (exact) mass is 372 g/mol. The first-order valence-electron chi connectivity index (χ1n) is 5.77. The fourth-order valence-electron chi connectivity index (χ4n) is 2.20. The van der Waals surface area contributed by atoms with E-state index in [0.717, 1.165) is 11.1 Å². The minimum Gasteiger partial charge on any atom is -0.385 e. The number of ketones is 1. The lowest BCUT2D eigenvalue weighted by Crippen LogP contribution is -2.31. The first-order chi connectivity index (χ1) is 8.64. The average Bonchev–Trinajstić information content (AvgIpc) is 2.40. The van der Waals surface area contributed by atoms with Crippen molar-refractivity contribution in [1.82, 2.24) is 0 Å². The SMILES string of the molecule is O=C1CCC(O)(c2cccc(C#CSI)c2)CC1. The molecule has 1 aliphatic carbocycles. The lowest BCUT2D eigenvalue weighted by atomic mass is 9.79. The largest absolute Gasteiger partial charge is 0.385 e. The van der Waals surface area contributed by atoms with E-state index >= 15 is 0 Å². The molecular weight excluding hydrogens is 359 g/mol. The van der Waals surface area contributed by atoms with Crippen LogP contribution in [0.1, 0.15) is 36.8 Å². The minimum absolute atomic E-state index is 0.247. The van der Waals surface area contributed by atoms with E-state index in [1.54, 1.807) is 0 Å². The Morgan fingerprint density at radius 3 is 2.72 bits per heavy atom. The fraction of sp³-hybridized carbons (Fsp3) is 0.357. The molecule has 0 saturated heterocycles. The predicted molar refractivity (Wildman–Crippen MR) is 82.3 cm³/mol. The molecule has 0 aliphatic heterocycles. The van der Waals surface area contributed by atoms with Gasteiger partial charge in [0.15, 0.2) is 0 Å². The second kappa shape index (κ2) is 6.09. The van der Waals surface area contributed by atoms with Crippen LogP contribution in [-0.2, 0) is 10.4 Å². The maximum Gasteiger partial charge on any atom is 0.133 e. The molecule has 1 fully saturated rings. The van der Waals surface area contributed by atoms with Crippen LogP contribution in [0.2, 0.25) is 0 Å². The first-order valence-corrected chi connectivity index (χ1v) is 9.13. The number of carbonyl (C=O) groups excluding carboxylic acids is 1. The Hall–Kier alpha value is -0.510. The van der Waals surface area contributed by atoms with Crippen molar-refractivity contribution >= 4 is 35.9 Å². The van der Waals surface area contributed by atoms with Gasteiger partial charge in [-0.3, -0.25) is 4.79 Å². The molecule has 2 nitrogen and oxygen atoms in total. The lowest BCUT2D eigenvalue weighted by Gasteiger charge is -2.32. The van der Waals surface area contributed by atoms with Crippen molar-refractivity contribution in [2.75, 3.05) is 0 Å². The van der Waals surface area contributed by atoms with Crippen molar-refractivity contribution in [3.63, 3.8) is 0 Å². The van der Waals surface area contributed by atoms with Gasteiger partial charge >= 0.3 is 0 Å². The molecule has 2 rings (SSSR count). The smallest absolute Gasteiger partial charge is 0.133 e. The third-order valence-electron chi connectivity index (χ3n) is 3.27. The number of hydrogen-bond donors (Lipinski definition) is 1. The first kappa shape index (κ1) is 13.9. The number of hydrogen-bond acceptors (Lipinski definition) is 3. The Kier molecular flexibility index (Phi) is 4.71. The van der Waals surface area contributed by atoms with Gasteiger partial charge in [0.2, 0.25) is 0 Å². The maximum absolute atomic E-state index is 11.3. The van der Waals surface area contributed by atoms with Crippen molar-refractivity contribution in [1.29, 1.82) is 0 Å². The normalized spacial score (nSPS) is 18.0. The van der Waals surface area contributed by atoms with Crippen LogP contribution in [0, 0.1) is 11.2 Å². The molecule has 1 aliphatic rings. The van der Waals surface area contributed by atoms with Gasteiger partial charge in [-0.25, -0.2) is 0 Å². The Morgan fingerprint density at radius 2 is 2.06 bits per heavy atom. The summed E-state index contributed by atoms with van der Waals surface area (Å²) in [5.74, 6) is 3.27. The number of carbonyl (C=O) groups is 1. The zero-order valence-electron chi connectivity index (χ0n) is 9.78. The van der Waals surface area contributed by atoms with Gasteiger partial charge < -0.3 is 5.11 Å². The van der Waals surface area contributed by atoms with E-state index < -0.39 is 5.60 Å². The number of halogens is 1. The number of benzene rings is 1. The summed E-state index contributed by atoms with van der Waals surface area (Å²) in [5.41, 5.74) is 0.922. The summed E-state index contributed by atoms with van der Waals surface area (Å²) in [4.78, 5) is 11.3. The van der Waals surface area contributed by atoms with Gasteiger partial charge in [0.05, 0.1) is 5.60 Å². The predicted octanol–water partition coefficient (Wildman–Crippen LogP) is 3.41. The van der Waals surface area contributed by atoms with Crippen LogP contribution in [0.3, 0.4) is 0 Å². The van der Waals surface area contributed by atoms with E-state index in [2.05, 4.69) is 32.4 Å². The summed E-state index contributed by atoms with van der Waals surface area (Å²) in [7, 11) is 1.44. The second-order valence-corrected chi connectivity index (χ2v) is 6.13. The Morgan fingerprint density at radius 1 is 1.33 bits per heavy atom. The molecule has 1 N–H and O–H groups in total. The molecule has 0 radical (unpaired) electrons. The fourth-order valence-corrected chi connectivity index (χ4v) is 2.68. The zero-order valence-corrected chi connectivity index (χ0v) is 12.8. The summed E-state index contributed by atoms with van der Waals surface area (Å²) < 4.78 is 0. The highest BCUT2D eigenvalue weighted by Crippen LogP contribution is 2.35. The van der Waals surface area contributed by atoms with E-state index in [1.165, 1.54) is 8.93 Å². The zero-order chi connectivity index (χ0) is 13.0. The van der Waals surface area contributed by atoms with Crippen LogP contribution in [0.25, 0.3) is 0 Å². The molecule has 0 atom stereocenters. The van der Waals surface area contributed by atoms with Gasteiger partial charge in [-0.2, -0.15) is 0 Å². The molecule has 1 saturated carbocycles. The molecule has 0 heterocycles. The van der Waals surface area contributed by atoms with E-state index in [9.17, 15) is 9.90 Å². The van der Waals surface area contributed by atoms with E-state index in [4.69, 9.17) is 0 Å². The van der Waals surface area contributed by atoms with Crippen LogP contribution < -0.4 is 0 Å². The molecule has 1 aromatic carbocycles. The molecule has 0 spiro atoms. The van der Waals surface area contributed by atoms with Crippen molar-refractivity contribution < 1.29 is 9.90 Å². The van der Waals surface area contributed by atoms with Crippen LogP contribution in [0.15, 0.2) is 24.3 Å². The summed E-state index contributed by atoms with van der Waals surface area (Å²) in [6.07, 6.45) is 1.97. The third-order valence-corrected chi connectivity index (χ3v) is 4.11. The summed E-state index contributed by atoms with van der Waals surface area (Å²) in [6.45, 7) is 0. The molecule has 94 valence electrons. The van der Waals surface area contributed by atoms with Crippen LogP contribution >= 0.6 is 30.1 Å². The van der Waals surface area contributed by atoms with E-state index in [-0.39, 0.29) is 5.78 Å². The average molecular weight is 372 g/mol. The van der Waals surface area contributed by atoms with Gasteiger partial charge in [-0.15, -0.1) is 0 Å². The van der Waals surface area contributed by atoms with Crippen LogP contribution in [-0.4, -0.2) is 10.9 Å². The van der Waals surface area contributed by atoms with Crippen LogP contribution in [0.4, 0.5) is 0 Å². The molecule has 0 bridgehead atoms. The standard InChI is InChI=1S/C14H13IO2S/c15-18-9-6-11-2-1-3-12(10-11)14(17)7-4-13(16)5-8-14/h1-3,10,17H,4-5,7-8H2. The van der Waals surface area contributed by atoms with E-state index in [0.29, 0.717) is 25.7 Å². The maximum atomic E-state index is 11.3. The van der Waals surface area contributed by atoms with Crippen molar-refractivity contribution in [2.45, 2.75) is 31.3 Å². The quantitative estimate of drug-likeness (QED) is 0.607. The highest BCUT2D eigenvalue weighted by Gasteiger charge is 2.33. The molecule has 0 aromatic heterocycles. The van der Waals surface area contributed by atoms with Crippen molar-refractivity contribution in [2.24, 2.45) is 0 Å².